The van der Waals surface area contributed by atoms with Crippen molar-refractivity contribution in [3.8, 4) is 5.75 Å². The number of aromatic hydroxyl groups is 1. The van der Waals surface area contributed by atoms with Crippen LogP contribution in [0.3, 0.4) is 0 Å². The van der Waals surface area contributed by atoms with Crippen LogP contribution in [0.4, 0.5) is 0 Å². The molecule has 0 radical (unpaired) electrons. The van der Waals surface area contributed by atoms with Gasteiger partial charge in [-0.1, -0.05) is 12.1 Å². The number of hydrogen-bond donors (Lipinski definition) is 1. The van der Waals surface area contributed by atoms with Crippen LogP contribution in [0.15, 0.2) is 18.2 Å². The van der Waals surface area contributed by atoms with Crippen LogP contribution in [0.1, 0.15) is 11.1 Å². The summed E-state index contributed by atoms with van der Waals surface area (Å²) in [6.45, 7) is 2.45. The molecule has 0 saturated carbocycles. The molecule has 0 aliphatic heterocycles. The van der Waals surface area contributed by atoms with Crippen LogP contribution in [0.25, 0.3) is 0 Å². The van der Waals surface area contributed by atoms with Gasteiger partial charge < -0.3 is 14.6 Å². The van der Waals surface area contributed by atoms with Crippen molar-refractivity contribution in [2.75, 3.05) is 54.9 Å². The van der Waals surface area contributed by atoms with Crippen LogP contribution in [0.2, 0.25) is 0 Å². The highest BCUT2D eigenvalue weighted by molar-refractivity contribution is 5.39. The minimum Gasteiger partial charge on any atom is -0.508 e. The standard InChI is InChI=1S/C16H28N2O3/c1-17(2)12-20-10-8-14-6-5-7-16(19)15(14)9-11-21-13-18(3)4/h5-7,19H,8-13H2,1-4H3. The van der Waals surface area contributed by atoms with Crippen molar-refractivity contribution in [1.82, 2.24) is 9.80 Å². The normalized spacial score (nSPS) is 11.5. The van der Waals surface area contributed by atoms with Gasteiger partial charge >= 0.3 is 0 Å². The van der Waals surface area contributed by atoms with Gasteiger partial charge in [-0.25, -0.2) is 0 Å². The van der Waals surface area contributed by atoms with Gasteiger partial charge in [-0.3, -0.25) is 9.80 Å². The maximum absolute atomic E-state index is 10.0. The van der Waals surface area contributed by atoms with Gasteiger partial charge in [0.2, 0.25) is 0 Å². The van der Waals surface area contributed by atoms with Crippen molar-refractivity contribution >= 4 is 0 Å². The van der Waals surface area contributed by atoms with Crippen LogP contribution in [-0.2, 0) is 22.3 Å². The lowest BCUT2D eigenvalue weighted by Gasteiger charge is -2.14. The molecule has 5 heteroatoms. The Bertz CT molecular complexity index is 409. The molecule has 0 unspecified atom stereocenters. The molecule has 0 spiro atoms. The summed E-state index contributed by atoms with van der Waals surface area (Å²) in [5.74, 6) is 0.341. The van der Waals surface area contributed by atoms with E-state index in [2.05, 4.69) is 0 Å². The van der Waals surface area contributed by atoms with Crippen LogP contribution in [0, 0.1) is 0 Å². The number of phenolic OH excluding ortho intramolecular Hbond substituents is 1. The molecular formula is C16H28N2O3. The van der Waals surface area contributed by atoms with Crippen molar-refractivity contribution < 1.29 is 14.6 Å². The summed E-state index contributed by atoms with van der Waals surface area (Å²) in [5, 5.41) is 10.0. The fourth-order valence-corrected chi connectivity index (χ4v) is 1.99. The highest BCUT2D eigenvalue weighted by Crippen LogP contribution is 2.22. The molecule has 0 aromatic heterocycles. The minimum absolute atomic E-state index is 0.341. The van der Waals surface area contributed by atoms with Crippen LogP contribution < -0.4 is 0 Å². The Hall–Kier alpha value is -1.14. The first-order valence-electron chi connectivity index (χ1n) is 7.25. The van der Waals surface area contributed by atoms with Gasteiger partial charge in [-0.2, -0.15) is 0 Å². The highest BCUT2D eigenvalue weighted by atomic mass is 16.5. The lowest BCUT2D eigenvalue weighted by atomic mass is 10.0. The molecule has 0 aliphatic rings. The zero-order valence-corrected chi connectivity index (χ0v) is 13.6. The van der Waals surface area contributed by atoms with Crippen LogP contribution >= 0.6 is 0 Å². The van der Waals surface area contributed by atoms with Gasteiger partial charge in [0.1, 0.15) is 5.75 Å². The van der Waals surface area contributed by atoms with Gasteiger partial charge in [0.15, 0.2) is 0 Å². The van der Waals surface area contributed by atoms with E-state index < -0.39 is 0 Å². The number of benzene rings is 1. The Morgan fingerprint density at radius 3 is 2.05 bits per heavy atom. The second-order valence-electron chi connectivity index (χ2n) is 5.65. The minimum atomic E-state index is 0.341. The Balaban J connectivity index is 2.48. The quantitative estimate of drug-likeness (QED) is 0.524. The summed E-state index contributed by atoms with van der Waals surface area (Å²) in [7, 11) is 7.88. The molecule has 0 bridgehead atoms. The average molecular weight is 296 g/mol. The third-order valence-electron chi connectivity index (χ3n) is 2.96. The van der Waals surface area contributed by atoms with Gasteiger partial charge in [0.25, 0.3) is 0 Å². The number of hydrogen-bond acceptors (Lipinski definition) is 5. The molecule has 0 fully saturated rings. The third kappa shape index (κ3) is 7.43. The first-order valence-corrected chi connectivity index (χ1v) is 7.25. The third-order valence-corrected chi connectivity index (χ3v) is 2.96. The Morgan fingerprint density at radius 1 is 0.905 bits per heavy atom. The number of rotatable bonds is 10. The first-order chi connectivity index (χ1) is 10.0. The molecule has 0 amide bonds. The number of ether oxygens (including phenoxy) is 2. The van der Waals surface area contributed by atoms with E-state index in [1.807, 2.05) is 50.1 Å². The summed E-state index contributed by atoms with van der Waals surface area (Å²) in [4.78, 5) is 3.96. The molecule has 1 N–H and O–H groups in total. The molecular weight excluding hydrogens is 268 g/mol. The zero-order chi connectivity index (χ0) is 15.7. The largest absolute Gasteiger partial charge is 0.508 e. The van der Waals surface area contributed by atoms with Crippen molar-refractivity contribution in [2.24, 2.45) is 0 Å². The van der Waals surface area contributed by atoms with Gasteiger partial charge in [0, 0.05) is 0 Å². The molecule has 21 heavy (non-hydrogen) atoms. The highest BCUT2D eigenvalue weighted by Gasteiger charge is 2.08. The summed E-state index contributed by atoms with van der Waals surface area (Å²) >= 11 is 0. The summed E-state index contributed by atoms with van der Waals surface area (Å²) in [6.07, 6.45) is 1.51. The van der Waals surface area contributed by atoms with E-state index >= 15 is 0 Å². The Morgan fingerprint density at radius 2 is 1.48 bits per heavy atom. The monoisotopic (exact) mass is 296 g/mol. The average Bonchev–Trinajstić information content (AvgIpc) is 2.41. The maximum atomic E-state index is 10.0. The SMILES string of the molecule is CN(C)COCCc1cccc(O)c1CCOCN(C)C. The molecule has 0 atom stereocenters. The second kappa shape index (κ2) is 9.73. The topological polar surface area (TPSA) is 45.2 Å². The zero-order valence-electron chi connectivity index (χ0n) is 13.6. The number of nitrogens with zero attached hydrogens (tertiary/aromatic N) is 2. The van der Waals surface area contributed by atoms with E-state index in [0.717, 1.165) is 17.5 Å². The Labute approximate surface area is 128 Å². The number of phenols is 1. The van der Waals surface area contributed by atoms with Gasteiger partial charge in [-0.15, -0.1) is 0 Å². The van der Waals surface area contributed by atoms with E-state index in [1.165, 1.54) is 0 Å². The lowest BCUT2D eigenvalue weighted by molar-refractivity contribution is 0.0560. The van der Waals surface area contributed by atoms with Crippen LogP contribution in [0.5, 0.6) is 5.75 Å². The van der Waals surface area contributed by atoms with Crippen molar-refractivity contribution in [3.63, 3.8) is 0 Å². The van der Waals surface area contributed by atoms with Crippen molar-refractivity contribution in [1.29, 1.82) is 0 Å². The van der Waals surface area contributed by atoms with Crippen molar-refractivity contribution in [2.45, 2.75) is 12.8 Å². The predicted molar refractivity (Wildman–Crippen MR) is 84.5 cm³/mol. The molecule has 120 valence electrons. The first kappa shape index (κ1) is 17.9. The molecule has 1 aromatic rings. The molecule has 0 aliphatic carbocycles. The van der Waals surface area contributed by atoms with Gasteiger partial charge in [-0.05, 0) is 58.2 Å². The lowest BCUT2D eigenvalue weighted by Crippen LogP contribution is -2.18. The summed E-state index contributed by atoms with van der Waals surface area (Å²) < 4.78 is 11.1. The van der Waals surface area contributed by atoms with Crippen molar-refractivity contribution in [3.05, 3.63) is 29.3 Å². The van der Waals surface area contributed by atoms with E-state index in [0.29, 0.717) is 38.8 Å². The second-order valence-corrected chi connectivity index (χ2v) is 5.65. The van der Waals surface area contributed by atoms with E-state index in [1.54, 1.807) is 6.07 Å². The molecule has 1 aromatic carbocycles. The molecule has 5 nitrogen and oxygen atoms in total. The molecule has 1 rings (SSSR count). The predicted octanol–water partition coefficient (Wildman–Crippen LogP) is 1.55. The Kier molecular flexibility index (Phi) is 8.30. The summed E-state index contributed by atoms with van der Waals surface area (Å²) in [5.41, 5.74) is 2.09. The molecule has 0 heterocycles. The summed E-state index contributed by atoms with van der Waals surface area (Å²) in [6, 6.07) is 5.65. The smallest absolute Gasteiger partial charge is 0.119 e. The van der Waals surface area contributed by atoms with Gasteiger partial charge in [0.05, 0.1) is 26.7 Å². The van der Waals surface area contributed by atoms with E-state index in [4.69, 9.17) is 9.47 Å². The fourth-order valence-electron chi connectivity index (χ4n) is 1.99. The van der Waals surface area contributed by atoms with Crippen LogP contribution in [-0.4, -0.2) is 69.8 Å². The van der Waals surface area contributed by atoms with E-state index in [-0.39, 0.29) is 0 Å². The van der Waals surface area contributed by atoms with E-state index in [9.17, 15) is 5.11 Å². The fraction of sp³-hybridized carbons (Fsp3) is 0.625. The molecule has 0 saturated heterocycles. The maximum Gasteiger partial charge on any atom is 0.119 e.